The molecule has 1 aromatic heterocycles. The van der Waals surface area contributed by atoms with Gasteiger partial charge in [-0.25, -0.2) is 4.99 Å². The summed E-state index contributed by atoms with van der Waals surface area (Å²) in [6.45, 7) is 1.67. The van der Waals surface area contributed by atoms with E-state index in [-0.39, 0.29) is 11.5 Å². The highest BCUT2D eigenvalue weighted by Gasteiger charge is 2.15. The molecule has 0 bridgehead atoms. The number of aromatic nitrogens is 1. The minimum Gasteiger partial charge on any atom is -0.508 e. The fourth-order valence-electron chi connectivity index (χ4n) is 2.85. The van der Waals surface area contributed by atoms with Crippen LogP contribution in [0.1, 0.15) is 5.56 Å². The first kappa shape index (κ1) is 19.6. The van der Waals surface area contributed by atoms with Crippen molar-refractivity contribution in [2.24, 2.45) is 12.0 Å². The number of nitrogens with zero attached hydrogens (tertiary/aromatic N) is 2. The molecule has 148 valence electrons. The first-order valence-corrected chi connectivity index (χ1v) is 9.30. The first-order chi connectivity index (χ1) is 13.4. The zero-order valence-electron chi connectivity index (χ0n) is 16.3. The summed E-state index contributed by atoms with van der Waals surface area (Å²) in [5.41, 5.74) is 2.49. The quantitative estimate of drug-likeness (QED) is 0.679. The molecule has 0 amide bonds. The number of phenolic OH excluding ortho intramolecular Hbond substituents is 2. The van der Waals surface area contributed by atoms with Gasteiger partial charge in [0.2, 0.25) is 5.75 Å². The molecule has 8 heteroatoms. The van der Waals surface area contributed by atoms with E-state index in [2.05, 4.69) is 4.99 Å². The van der Waals surface area contributed by atoms with Crippen LogP contribution < -0.4 is 19.0 Å². The van der Waals surface area contributed by atoms with Crippen LogP contribution in [0.2, 0.25) is 0 Å². The van der Waals surface area contributed by atoms with Crippen molar-refractivity contribution >= 4 is 17.0 Å². The zero-order chi connectivity index (χ0) is 20.4. The molecule has 3 aromatic rings. The van der Waals surface area contributed by atoms with Gasteiger partial charge in [0.1, 0.15) is 11.5 Å². The molecule has 7 nitrogen and oxygen atoms in total. The number of benzene rings is 2. The average molecular weight is 402 g/mol. The van der Waals surface area contributed by atoms with E-state index in [9.17, 15) is 10.2 Å². The molecule has 0 radical (unpaired) electrons. The van der Waals surface area contributed by atoms with Crippen LogP contribution in [0.4, 0.5) is 5.69 Å². The topological polar surface area (TPSA) is 85.4 Å². The fourth-order valence-corrected chi connectivity index (χ4v) is 3.77. The maximum atomic E-state index is 10.4. The van der Waals surface area contributed by atoms with Crippen LogP contribution >= 0.6 is 11.3 Å². The molecular formula is C20H22N2O5S. The second-order valence-corrected chi connectivity index (χ2v) is 6.90. The predicted molar refractivity (Wildman–Crippen MR) is 108 cm³/mol. The molecule has 0 atom stereocenters. The number of thiazole rings is 1. The third kappa shape index (κ3) is 3.38. The van der Waals surface area contributed by atoms with Crippen LogP contribution in [0.5, 0.6) is 28.7 Å². The summed E-state index contributed by atoms with van der Waals surface area (Å²) in [5.74, 6) is 1.65. The smallest absolute Gasteiger partial charge is 0.203 e. The van der Waals surface area contributed by atoms with Gasteiger partial charge in [-0.2, -0.15) is 0 Å². The Labute approximate surface area is 166 Å². The van der Waals surface area contributed by atoms with Crippen molar-refractivity contribution in [1.82, 2.24) is 4.57 Å². The van der Waals surface area contributed by atoms with Crippen molar-refractivity contribution < 1.29 is 24.4 Å². The van der Waals surface area contributed by atoms with Gasteiger partial charge in [-0.15, -0.1) is 11.3 Å². The Morgan fingerprint density at radius 3 is 2.21 bits per heavy atom. The third-order valence-electron chi connectivity index (χ3n) is 4.48. The predicted octanol–water partition coefficient (Wildman–Crippen LogP) is 3.73. The Hall–Kier alpha value is -3.13. The summed E-state index contributed by atoms with van der Waals surface area (Å²) in [4.78, 5) is 5.40. The van der Waals surface area contributed by atoms with Gasteiger partial charge in [0.05, 0.1) is 32.7 Å². The van der Waals surface area contributed by atoms with Crippen molar-refractivity contribution in [3.63, 3.8) is 0 Å². The molecule has 28 heavy (non-hydrogen) atoms. The van der Waals surface area contributed by atoms with Gasteiger partial charge in [0.15, 0.2) is 16.3 Å². The summed E-state index contributed by atoms with van der Waals surface area (Å²) < 4.78 is 18.0. The number of hydrogen-bond donors (Lipinski definition) is 2. The van der Waals surface area contributed by atoms with Crippen LogP contribution in [0.15, 0.2) is 34.6 Å². The Balaban J connectivity index is 2.12. The van der Waals surface area contributed by atoms with Crippen LogP contribution in [0, 0.1) is 6.92 Å². The zero-order valence-corrected chi connectivity index (χ0v) is 17.1. The lowest BCUT2D eigenvalue weighted by molar-refractivity contribution is 0.324. The molecule has 0 spiro atoms. The Bertz CT molecular complexity index is 1060. The van der Waals surface area contributed by atoms with E-state index in [1.807, 2.05) is 17.0 Å². The van der Waals surface area contributed by atoms with E-state index >= 15 is 0 Å². The SMILES string of the molecule is COc1cc(N=c2scc(-c3ccc(O)c(C)c3O)n2C)cc(OC)c1OC. The average Bonchev–Trinajstić information content (AvgIpc) is 3.05. The molecule has 2 aromatic carbocycles. The van der Waals surface area contributed by atoms with E-state index in [0.29, 0.717) is 34.1 Å². The molecule has 0 aliphatic rings. The Morgan fingerprint density at radius 2 is 1.64 bits per heavy atom. The van der Waals surface area contributed by atoms with Gasteiger partial charge in [0.25, 0.3) is 0 Å². The maximum Gasteiger partial charge on any atom is 0.203 e. The molecular weight excluding hydrogens is 380 g/mol. The molecule has 1 heterocycles. The molecule has 0 fully saturated rings. The van der Waals surface area contributed by atoms with E-state index in [1.165, 1.54) is 11.3 Å². The Kier molecular flexibility index (Phi) is 5.51. The number of phenols is 2. The number of rotatable bonds is 5. The van der Waals surface area contributed by atoms with E-state index in [1.54, 1.807) is 52.5 Å². The minimum atomic E-state index is 0.0488. The third-order valence-corrected chi connectivity index (χ3v) is 5.39. The lowest BCUT2D eigenvalue weighted by Gasteiger charge is -2.12. The largest absolute Gasteiger partial charge is 0.508 e. The van der Waals surface area contributed by atoms with Gasteiger partial charge in [-0.1, -0.05) is 0 Å². The second kappa shape index (κ2) is 7.85. The highest BCUT2D eigenvalue weighted by Crippen LogP contribution is 2.41. The molecule has 0 aliphatic carbocycles. The standard InChI is InChI=1S/C20H22N2O5S/c1-11-15(23)7-6-13(18(11)24)14-10-28-20(22(14)2)21-12-8-16(25-3)19(27-5)17(9-12)26-4/h6-10,23-24H,1-5H3. The molecule has 0 unspecified atom stereocenters. The van der Waals surface area contributed by atoms with Crippen LogP contribution in [0.25, 0.3) is 11.3 Å². The Morgan fingerprint density at radius 1 is 1.00 bits per heavy atom. The van der Waals surface area contributed by atoms with Crippen LogP contribution in [-0.4, -0.2) is 36.1 Å². The normalized spacial score (nSPS) is 11.5. The minimum absolute atomic E-state index is 0.0488. The van der Waals surface area contributed by atoms with Gasteiger partial charge in [-0.3, -0.25) is 0 Å². The van der Waals surface area contributed by atoms with E-state index in [0.717, 1.165) is 10.5 Å². The van der Waals surface area contributed by atoms with Crippen LogP contribution in [0.3, 0.4) is 0 Å². The van der Waals surface area contributed by atoms with Crippen molar-refractivity contribution in [3.8, 4) is 40.0 Å². The molecule has 0 saturated heterocycles. The summed E-state index contributed by atoms with van der Waals surface area (Å²) in [6.07, 6.45) is 0. The van der Waals surface area contributed by atoms with E-state index < -0.39 is 0 Å². The van der Waals surface area contributed by atoms with Crippen molar-refractivity contribution in [2.45, 2.75) is 6.92 Å². The molecule has 3 rings (SSSR count). The van der Waals surface area contributed by atoms with Crippen molar-refractivity contribution in [3.05, 3.63) is 40.0 Å². The van der Waals surface area contributed by atoms with Crippen LogP contribution in [-0.2, 0) is 7.05 Å². The molecule has 0 aliphatic heterocycles. The molecule has 2 N–H and O–H groups in total. The lowest BCUT2D eigenvalue weighted by atomic mass is 10.1. The molecule has 0 saturated carbocycles. The summed E-state index contributed by atoms with van der Waals surface area (Å²) in [5, 5.41) is 22.1. The summed E-state index contributed by atoms with van der Waals surface area (Å²) >= 11 is 1.43. The van der Waals surface area contributed by atoms with Crippen molar-refractivity contribution in [1.29, 1.82) is 0 Å². The van der Waals surface area contributed by atoms with Gasteiger partial charge in [0, 0.05) is 35.7 Å². The highest BCUT2D eigenvalue weighted by atomic mass is 32.1. The van der Waals surface area contributed by atoms with E-state index in [4.69, 9.17) is 14.2 Å². The summed E-state index contributed by atoms with van der Waals surface area (Å²) in [6, 6.07) is 6.78. The monoisotopic (exact) mass is 402 g/mol. The second-order valence-electron chi connectivity index (χ2n) is 6.06. The van der Waals surface area contributed by atoms with Gasteiger partial charge >= 0.3 is 0 Å². The van der Waals surface area contributed by atoms with Gasteiger partial charge in [-0.05, 0) is 19.1 Å². The first-order valence-electron chi connectivity index (χ1n) is 8.42. The number of hydrogen-bond acceptors (Lipinski definition) is 7. The van der Waals surface area contributed by atoms with Gasteiger partial charge < -0.3 is 29.0 Å². The number of ether oxygens (including phenoxy) is 3. The number of aromatic hydroxyl groups is 2. The number of methoxy groups -OCH3 is 3. The maximum absolute atomic E-state index is 10.4. The van der Waals surface area contributed by atoms with Crippen molar-refractivity contribution in [2.75, 3.05) is 21.3 Å². The fraction of sp³-hybridized carbons (Fsp3) is 0.250. The highest BCUT2D eigenvalue weighted by molar-refractivity contribution is 7.07. The summed E-state index contributed by atoms with van der Waals surface area (Å²) in [7, 11) is 6.53. The lowest BCUT2D eigenvalue weighted by Crippen LogP contribution is -2.11.